The largest absolute Gasteiger partial charge is 0.486 e. The van der Waals surface area contributed by atoms with Crippen molar-refractivity contribution >= 4 is 11.7 Å². The Labute approximate surface area is 166 Å². The number of amides is 1. The van der Waals surface area contributed by atoms with E-state index in [2.05, 4.69) is 15.5 Å². The summed E-state index contributed by atoms with van der Waals surface area (Å²) in [6.45, 7) is 1.05. The monoisotopic (exact) mass is 393 g/mol. The van der Waals surface area contributed by atoms with E-state index in [-0.39, 0.29) is 31.1 Å². The van der Waals surface area contributed by atoms with E-state index in [4.69, 9.17) is 13.9 Å². The first-order chi connectivity index (χ1) is 14.2. The van der Waals surface area contributed by atoms with E-state index in [0.717, 1.165) is 5.56 Å². The SMILES string of the molecule is O=C(CCC(=O)c1ccc2c(c1)OCCO2)NCc1nnc(-c2ccccc2)o1. The maximum Gasteiger partial charge on any atom is 0.247 e. The Bertz CT molecular complexity index is 1020. The molecular formula is C21H19N3O5. The molecule has 0 atom stereocenters. The van der Waals surface area contributed by atoms with Crippen molar-refractivity contribution in [2.24, 2.45) is 0 Å². The fraction of sp³-hybridized carbons (Fsp3) is 0.238. The van der Waals surface area contributed by atoms with Gasteiger partial charge >= 0.3 is 0 Å². The second kappa shape index (κ2) is 8.55. The quantitative estimate of drug-likeness (QED) is 0.616. The highest BCUT2D eigenvalue weighted by atomic mass is 16.6. The molecule has 0 fully saturated rings. The summed E-state index contributed by atoms with van der Waals surface area (Å²) in [6, 6.07) is 14.4. The van der Waals surface area contributed by atoms with Gasteiger partial charge in [-0.25, -0.2) is 0 Å². The smallest absolute Gasteiger partial charge is 0.247 e. The fourth-order valence-corrected chi connectivity index (χ4v) is 2.87. The highest BCUT2D eigenvalue weighted by Crippen LogP contribution is 2.31. The van der Waals surface area contributed by atoms with Crippen molar-refractivity contribution in [3.05, 3.63) is 60.0 Å². The van der Waals surface area contributed by atoms with E-state index < -0.39 is 0 Å². The summed E-state index contributed by atoms with van der Waals surface area (Å²) in [5, 5.41) is 10.6. The van der Waals surface area contributed by atoms with E-state index in [9.17, 15) is 9.59 Å². The molecule has 1 aliphatic rings. The van der Waals surface area contributed by atoms with E-state index >= 15 is 0 Å². The number of carbonyl (C=O) groups excluding carboxylic acids is 2. The van der Waals surface area contributed by atoms with Crippen LogP contribution in [0.2, 0.25) is 0 Å². The molecule has 2 heterocycles. The Morgan fingerprint density at radius 3 is 2.55 bits per heavy atom. The molecule has 1 aromatic heterocycles. The molecule has 8 nitrogen and oxygen atoms in total. The van der Waals surface area contributed by atoms with Gasteiger partial charge in [-0.2, -0.15) is 0 Å². The van der Waals surface area contributed by atoms with Gasteiger partial charge in [-0.15, -0.1) is 10.2 Å². The first kappa shape index (κ1) is 18.7. The summed E-state index contributed by atoms with van der Waals surface area (Å²) in [6.07, 6.45) is 0.150. The van der Waals surface area contributed by atoms with E-state index in [0.29, 0.717) is 42.1 Å². The molecule has 0 radical (unpaired) electrons. The molecule has 1 aliphatic heterocycles. The van der Waals surface area contributed by atoms with Crippen molar-refractivity contribution in [2.45, 2.75) is 19.4 Å². The Morgan fingerprint density at radius 1 is 0.931 bits per heavy atom. The highest BCUT2D eigenvalue weighted by molar-refractivity contribution is 5.98. The van der Waals surface area contributed by atoms with Crippen LogP contribution in [0.1, 0.15) is 29.1 Å². The first-order valence-electron chi connectivity index (χ1n) is 9.26. The zero-order valence-electron chi connectivity index (χ0n) is 15.6. The number of hydrogen-bond acceptors (Lipinski definition) is 7. The average Bonchev–Trinajstić information content (AvgIpc) is 3.25. The van der Waals surface area contributed by atoms with E-state index in [1.54, 1.807) is 18.2 Å². The summed E-state index contributed by atoms with van der Waals surface area (Å²) >= 11 is 0. The van der Waals surface area contributed by atoms with Crippen molar-refractivity contribution in [1.29, 1.82) is 0 Å². The third-order valence-electron chi connectivity index (χ3n) is 4.37. The number of carbonyl (C=O) groups is 2. The highest BCUT2D eigenvalue weighted by Gasteiger charge is 2.16. The van der Waals surface area contributed by atoms with Gasteiger partial charge in [-0.3, -0.25) is 9.59 Å². The normalized spacial score (nSPS) is 12.4. The number of ether oxygens (including phenoxy) is 2. The zero-order chi connectivity index (χ0) is 20.1. The molecule has 8 heteroatoms. The lowest BCUT2D eigenvalue weighted by atomic mass is 10.1. The maximum atomic E-state index is 12.4. The topological polar surface area (TPSA) is 104 Å². The first-order valence-corrected chi connectivity index (χ1v) is 9.26. The van der Waals surface area contributed by atoms with Crippen LogP contribution in [0.5, 0.6) is 11.5 Å². The summed E-state index contributed by atoms with van der Waals surface area (Å²) < 4.78 is 16.5. The summed E-state index contributed by atoms with van der Waals surface area (Å²) in [7, 11) is 0. The third kappa shape index (κ3) is 4.60. The van der Waals surface area contributed by atoms with Crippen LogP contribution in [-0.4, -0.2) is 35.1 Å². The second-order valence-corrected chi connectivity index (χ2v) is 6.43. The Morgan fingerprint density at radius 2 is 1.72 bits per heavy atom. The molecule has 1 N–H and O–H groups in total. The number of ketones is 1. The molecule has 0 saturated heterocycles. The van der Waals surface area contributed by atoms with Gasteiger partial charge < -0.3 is 19.2 Å². The number of nitrogens with one attached hydrogen (secondary N) is 1. The fourth-order valence-electron chi connectivity index (χ4n) is 2.87. The van der Waals surface area contributed by atoms with Crippen LogP contribution in [0, 0.1) is 0 Å². The van der Waals surface area contributed by atoms with Crippen molar-refractivity contribution in [1.82, 2.24) is 15.5 Å². The van der Waals surface area contributed by atoms with Crippen LogP contribution in [0.3, 0.4) is 0 Å². The number of benzene rings is 2. The van der Waals surface area contributed by atoms with Gasteiger partial charge in [0.1, 0.15) is 13.2 Å². The molecule has 1 amide bonds. The molecule has 3 aromatic rings. The number of Topliss-reactive ketones (excluding diaryl/α,β-unsaturated/α-hetero) is 1. The zero-order valence-corrected chi connectivity index (χ0v) is 15.6. The summed E-state index contributed by atoms with van der Waals surface area (Å²) in [4.78, 5) is 24.4. The van der Waals surface area contributed by atoms with Gasteiger partial charge in [0.05, 0.1) is 6.54 Å². The molecule has 0 spiro atoms. The number of rotatable bonds is 7. The van der Waals surface area contributed by atoms with Crippen LogP contribution in [-0.2, 0) is 11.3 Å². The van der Waals surface area contributed by atoms with Crippen LogP contribution >= 0.6 is 0 Å². The van der Waals surface area contributed by atoms with Gasteiger partial charge in [0.15, 0.2) is 17.3 Å². The van der Waals surface area contributed by atoms with Crippen molar-refractivity contribution < 1.29 is 23.5 Å². The Kier molecular flexibility index (Phi) is 5.51. The summed E-state index contributed by atoms with van der Waals surface area (Å²) in [5.41, 5.74) is 1.30. The van der Waals surface area contributed by atoms with Crippen LogP contribution in [0.15, 0.2) is 52.9 Å². The van der Waals surface area contributed by atoms with Crippen LogP contribution in [0.25, 0.3) is 11.5 Å². The van der Waals surface area contributed by atoms with Gasteiger partial charge in [-0.05, 0) is 30.3 Å². The second-order valence-electron chi connectivity index (χ2n) is 6.43. The minimum atomic E-state index is -0.268. The van der Waals surface area contributed by atoms with Gasteiger partial charge in [0.25, 0.3) is 0 Å². The summed E-state index contributed by atoms with van der Waals surface area (Å²) in [5.74, 6) is 1.47. The number of hydrogen-bond donors (Lipinski definition) is 1. The van der Waals surface area contributed by atoms with Gasteiger partial charge in [0, 0.05) is 24.0 Å². The molecule has 148 valence electrons. The Balaban J connectivity index is 1.26. The molecule has 0 unspecified atom stereocenters. The van der Waals surface area contributed by atoms with E-state index in [1.165, 1.54) is 0 Å². The molecule has 0 aliphatic carbocycles. The molecule has 0 saturated carbocycles. The predicted octanol–water partition coefficient (Wildman–Crippen LogP) is 2.79. The number of fused-ring (bicyclic) bond motifs is 1. The maximum absolute atomic E-state index is 12.4. The molecule has 29 heavy (non-hydrogen) atoms. The average molecular weight is 393 g/mol. The predicted molar refractivity (Wildman–Crippen MR) is 103 cm³/mol. The van der Waals surface area contributed by atoms with Gasteiger partial charge in [0.2, 0.25) is 17.7 Å². The molecule has 4 rings (SSSR count). The van der Waals surface area contributed by atoms with Crippen molar-refractivity contribution in [2.75, 3.05) is 13.2 Å². The number of aromatic nitrogens is 2. The minimum absolute atomic E-state index is 0.0625. The molecule has 2 aromatic carbocycles. The van der Waals surface area contributed by atoms with E-state index in [1.807, 2.05) is 30.3 Å². The third-order valence-corrected chi connectivity index (χ3v) is 4.37. The lowest BCUT2D eigenvalue weighted by molar-refractivity contribution is -0.121. The molecule has 0 bridgehead atoms. The van der Waals surface area contributed by atoms with Crippen LogP contribution in [0.4, 0.5) is 0 Å². The van der Waals surface area contributed by atoms with Crippen LogP contribution < -0.4 is 14.8 Å². The minimum Gasteiger partial charge on any atom is -0.486 e. The van der Waals surface area contributed by atoms with Crippen molar-refractivity contribution in [3.63, 3.8) is 0 Å². The lowest BCUT2D eigenvalue weighted by Crippen LogP contribution is -2.23. The van der Waals surface area contributed by atoms with Crippen molar-refractivity contribution in [3.8, 4) is 23.0 Å². The van der Waals surface area contributed by atoms with Gasteiger partial charge in [-0.1, -0.05) is 18.2 Å². The number of nitrogens with zero attached hydrogens (tertiary/aromatic N) is 2. The lowest BCUT2D eigenvalue weighted by Gasteiger charge is -2.18. The molecular weight excluding hydrogens is 374 g/mol. The standard InChI is InChI=1S/C21H19N3O5/c25-16(15-6-8-17-18(12-15)28-11-10-27-17)7-9-19(26)22-13-20-23-24-21(29-20)14-4-2-1-3-5-14/h1-6,8,12H,7,9-11,13H2,(H,22,26). The Hall–Kier alpha value is -3.68.